The zero-order valence-corrected chi connectivity index (χ0v) is 23.9. The highest BCUT2D eigenvalue weighted by Crippen LogP contribution is 2.38. The van der Waals surface area contributed by atoms with Crippen LogP contribution in [0.15, 0.2) is 36.4 Å². The fraction of sp³-hybridized carbons (Fsp3) is 0.467. The molecule has 3 rings (SSSR count). The summed E-state index contributed by atoms with van der Waals surface area (Å²) >= 11 is 0. The van der Waals surface area contributed by atoms with Gasteiger partial charge in [0, 0.05) is 38.2 Å². The van der Waals surface area contributed by atoms with Crippen molar-refractivity contribution in [2.24, 2.45) is 5.92 Å². The molecule has 0 unspecified atom stereocenters. The van der Waals surface area contributed by atoms with Crippen LogP contribution in [0.5, 0.6) is 17.2 Å². The fourth-order valence-electron chi connectivity index (χ4n) is 5.00. The van der Waals surface area contributed by atoms with E-state index in [-0.39, 0.29) is 42.1 Å². The summed E-state index contributed by atoms with van der Waals surface area (Å²) in [4.78, 5) is 25.4. The number of carbonyl (C=O) groups excluding carboxylic acids is 2. The predicted molar refractivity (Wildman–Crippen MR) is 149 cm³/mol. The summed E-state index contributed by atoms with van der Waals surface area (Å²) < 4.78 is 16.2. The van der Waals surface area contributed by atoms with Crippen molar-refractivity contribution in [3.05, 3.63) is 64.2 Å². The average molecular weight is 574 g/mol. The number of rotatable bonds is 12. The minimum absolute atomic E-state index is 0.00471. The van der Waals surface area contributed by atoms with E-state index in [0.717, 1.165) is 11.6 Å². The van der Waals surface area contributed by atoms with E-state index in [1.54, 1.807) is 26.8 Å². The monoisotopic (exact) mass is 573 g/mol. The number of aliphatic hydroxyl groups excluding tert-OH is 2. The molecule has 1 aliphatic rings. The number of phenols is 3. The number of nitrogens with one attached hydrogen (secondary N) is 1. The molecule has 1 heterocycles. The van der Waals surface area contributed by atoms with Crippen molar-refractivity contribution in [3.8, 4) is 17.2 Å². The number of esters is 1. The average Bonchev–Trinajstić information content (AvgIpc) is 2.91. The molecular weight excluding hydrogens is 534 g/mol. The molecule has 2 aromatic rings. The third-order valence-corrected chi connectivity index (χ3v) is 7.46. The van der Waals surface area contributed by atoms with Gasteiger partial charge >= 0.3 is 5.97 Å². The Bertz CT molecular complexity index is 1290. The van der Waals surface area contributed by atoms with Crippen molar-refractivity contribution < 1.29 is 49.3 Å². The molecule has 1 aliphatic heterocycles. The highest BCUT2D eigenvalue weighted by molar-refractivity contribution is 5.96. The Hall–Kier alpha value is -3.64. The first kappa shape index (κ1) is 31.9. The van der Waals surface area contributed by atoms with Crippen LogP contribution in [0.4, 0.5) is 0 Å². The van der Waals surface area contributed by atoms with Gasteiger partial charge in [0.25, 0.3) is 5.91 Å². The molecule has 41 heavy (non-hydrogen) atoms. The van der Waals surface area contributed by atoms with Gasteiger partial charge in [0.15, 0.2) is 12.3 Å². The molecule has 0 saturated carbocycles. The van der Waals surface area contributed by atoms with E-state index in [4.69, 9.17) is 14.2 Å². The van der Waals surface area contributed by atoms with Crippen molar-refractivity contribution in [3.63, 3.8) is 0 Å². The van der Waals surface area contributed by atoms with Crippen LogP contribution in [-0.2, 0) is 31.8 Å². The topological polar surface area (TPSA) is 175 Å². The molecule has 0 saturated heterocycles. The minimum atomic E-state index is -1.50. The Balaban J connectivity index is 1.75. The number of cyclic esters (lactones) is 1. The number of methoxy groups -OCH3 is 2. The van der Waals surface area contributed by atoms with Gasteiger partial charge in [-0.25, -0.2) is 4.79 Å². The van der Waals surface area contributed by atoms with Gasteiger partial charge in [-0.05, 0) is 55.5 Å². The molecule has 0 bridgehead atoms. The Morgan fingerprint density at radius 2 is 1.80 bits per heavy atom. The lowest BCUT2D eigenvalue weighted by molar-refractivity contribution is -0.140. The summed E-state index contributed by atoms with van der Waals surface area (Å²) in [6.07, 6.45) is -4.56. The third kappa shape index (κ3) is 7.36. The fourth-order valence-corrected chi connectivity index (χ4v) is 5.00. The van der Waals surface area contributed by atoms with Gasteiger partial charge in [-0.2, -0.15) is 0 Å². The van der Waals surface area contributed by atoms with Crippen molar-refractivity contribution in [2.45, 2.75) is 70.7 Å². The molecule has 0 spiro atoms. The molecule has 1 amide bonds. The van der Waals surface area contributed by atoms with Gasteiger partial charge < -0.3 is 45.1 Å². The summed E-state index contributed by atoms with van der Waals surface area (Å²) in [5.41, 5.74) is 2.54. The predicted octanol–water partition coefficient (Wildman–Crippen LogP) is 2.54. The van der Waals surface area contributed by atoms with Crippen molar-refractivity contribution in [2.75, 3.05) is 14.2 Å². The van der Waals surface area contributed by atoms with Gasteiger partial charge in [-0.1, -0.05) is 18.6 Å². The summed E-state index contributed by atoms with van der Waals surface area (Å²) in [7, 11) is 2.74. The second kappa shape index (κ2) is 13.3. The summed E-state index contributed by atoms with van der Waals surface area (Å²) in [5.74, 6) is -2.69. The Kier molecular flexibility index (Phi) is 10.4. The maximum atomic E-state index is 12.7. The number of fused-ring (bicyclic) bond motifs is 1. The van der Waals surface area contributed by atoms with E-state index < -0.39 is 48.4 Å². The van der Waals surface area contributed by atoms with E-state index in [2.05, 4.69) is 11.9 Å². The summed E-state index contributed by atoms with van der Waals surface area (Å²) in [6, 6.07) is 5.59. The number of hydrogen-bond donors (Lipinski definition) is 6. The maximum absolute atomic E-state index is 12.7. The van der Waals surface area contributed by atoms with Crippen LogP contribution in [0.3, 0.4) is 0 Å². The van der Waals surface area contributed by atoms with Gasteiger partial charge in [-0.3, -0.25) is 4.79 Å². The highest BCUT2D eigenvalue weighted by atomic mass is 16.5. The van der Waals surface area contributed by atoms with E-state index in [1.807, 2.05) is 0 Å². The van der Waals surface area contributed by atoms with Gasteiger partial charge in [0.1, 0.15) is 28.9 Å². The molecule has 6 N–H and O–H groups in total. The van der Waals surface area contributed by atoms with Crippen LogP contribution >= 0.6 is 0 Å². The molecule has 11 heteroatoms. The van der Waals surface area contributed by atoms with E-state index >= 15 is 0 Å². The first-order valence-electron chi connectivity index (χ1n) is 13.2. The van der Waals surface area contributed by atoms with Crippen LogP contribution in [-0.4, -0.2) is 76.0 Å². The quantitative estimate of drug-likeness (QED) is 0.126. The van der Waals surface area contributed by atoms with Crippen LogP contribution in [0.1, 0.15) is 59.1 Å². The molecule has 0 aromatic heterocycles. The van der Waals surface area contributed by atoms with Gasteiger partial charge in [-0.15, -0.1) is 6.58 Å². The molecule has 0 fully saturated rings. The van der Waals surface area contributed by atoms with Crippen LogP contribution in [0, 0.1) is 12.8 Å². The Morgan fingerprint density at radius 3 is 2.41 bits per heavy atom. The van der Waals surface area contributed by atoms with Gasteiger partial charge in [0.2, 0.25) is 0 Å². The molecule has 2 aromatic carbocycles. The summed E-state index contributed by atoms with van der Waals surface area (Å²) in [5, 5.41) is 54.8. The number of phenolic OH excluding ortho intramolecular Hbond substituents is 3. The van der Waals surface area contributed by atoms with Crippen LogP contribution < -0.4 is 5.32 Å². The zero-order chi connectivity index (χ0) is 30.6. The Morgan fingerprint density at radius 1 is 1.12 bits per heavy atom. The zero-order valence-electron chi connectivity index (χ0n) is 23.9. The molecular formula is C30H39NO10. The third-order valence-electron chi connectivity index (χ3n) is 7.46. The van der Waals surface area contributed by atoms with Crippen molar-refractivity contribution >= 4 is 11.9 Å². The SMILES string of the molecule is C=C(C)C[C@H](OC)[C@H](O)C(=O)N[C@@H](OC)c1cc(O)cc(C[C@H](O)[C@@H](C)[C@H]2Cc3c(C)c(O)cc(O)c3C(=O)O2)c1. The van der Waals surface area contributed by atoms with E-state index in [1.165, 1.54) is 26.4 Å². The van der Waals surface area contributed by atoms with Crippen molar-refractivity contribution in [1.29, 1.82) is 0 Å². The standard InChI is InChI=1S/C30H39NO10/c1-14(2)7-25(39-5)27(36)28(37)31-29(40-6)18-8-17(9-19(32)11-18)10-21(33)16(4)24-12-20-15(3)22(34)13-23(35)26(20)30(38)41-24/h8-9,11,13,16,21,24-25,27,29,32-36H,1,7,10,12H2,2-6H3,(H,31,37)/t16-,21+,24-,25+,27+,29+/m1/s1. The van der Waals surface area contributed by atoms with Gasteiger partial charge in [0.05, 0.1) is 12.2 Å². The van der Waals surface area contributed by atoms with E-state index in [0.29, 0.717) is 22.3 Å². The van der Waals surface area contributed by atoms with Crippen LogP contribution in [0.25, 0.3) is 0 Å². The number of benzene rings is 2. The smallest absolute Gasteiger partial charge is 0.342 e. The molecule has 224 valence electrons. The number of carbonyl (C=O) groups is 2. The first-order valence-corrected chi connectivity index (χ1v) is 13.2. The lowest BCUT2D eigenvalue weighted by atomic mass is 9.84. The largest absolute Gasteiger partial charge is 0.508 e. The molecule has 11 nitrogen and oxygen atoms in total. The van der Waals surface area contributed by atoms with Crippen LogP contribution in [0.2, 0.25) is 0 Å². The number of aromatic hydroxyl groups is 3. The minimum Gasteiger partial charge on any atom is -0.508 e. The molecule has 0 aliphatic carbocycles. The number of hydrogen-bond acceptors (Lipinski definition) is 10. The number of ether oxygens (including phenoxy) is 3. The second-order valence-electron chi connectivity index (χ2n) is 10.6. The first-order chi connectivity index (χ1) is 19.3. The number of amides is 1. The van der Waals surface area contributed by atoms with Crippen molar-refractivity contribution in [1.82, 2.24) is 5.32 Å². The lowest BCUT2D eigenvalue weighted by Crippen LogP contribution is -2.44. The highest BCUT2D eigenvalue weighted by Gasteiger charge is 2.37. The second-order valence-corrected chi connectivity index (χ2v) is 10.6. The molecule has 0 radical (unpaired) electrons. The number of aliphatic hydroxyl groups is 2. The molecule has 6 atom stereocenters. The lowest BCUT2D eigenvalue weighted by Gasteiger charge is -2.33. The summed E-state index contributed by atoms with van der Waals surface area (Å²) in [6.45, 7) is 8.89. The van der Waals surface area contributed by atoms with E-state index in [9.17, 15) is 35.1 Å². The Labute approximate surface area is 239 Å². The normalized spacial score (nSPS) is 18.4. The maximum Gasteiger partial charge on any atom is 0.342 e.